The summed E-state index contributed by atoms with van der Waals surface area (Å²) in [5.74, 6) is -0.608. The SMILES string of the molecule is CN(C)CC(=O)C(=O)C(C)(C)C. The number of hydrogen-bond acceptors (Lipinski definition) is 3. The van der Waals surface area contributed by atoms with Crippen LogP contribution in [0.5, 0.6) is 0 Å². The largest absolute Gasteiger partial charge is 0.302 e. The van der Waals surface area contributed by atoms with Crippen LogP contribution in [-0.2, 0) is 9.59 Å². The molecule has 0 spiro atoms. The summed E-state index contributed by atoms with van der Waals surface area (Å²) in [6.45, 7) is 5.46. The minimum absolute atomic E-state index is 0.204. The molecule has 0 atom stereocenters. The highest BCUT2D eigenvalue weighted by Gasteiger charge is 2.27. The first-order valence-electron chi connectivity index (χ1n) is 3.97. The van der Waals surface area contributed by atoms with E-state index in [9.17, 15) is 9.59 Å². The molecule has 0 bridgehead atoms. The number of Topliss-reactive ketones (excluding diaryl/α,β-unsaturated/α-hetero) is 2. The van der Waals surface area contributed by atoms with Crippen molar-refractivity contribution in [3.63, 3.8) is 0 Å². The molecule has 0 aliphatic heterocycles. The molecular formula is C9H17NO2. The zero-order valence-electron chi connectivity index (χ0n) is 8.47. The Kier molecular flexibility index (Phi) is 3.58. The summed E-state index contributed by atoms with van der Waals surface area (Å²) in [5, 5.41) is 0. The van der Waals surface area contributed by atoms with Gasteiger partial charge in [0, 0.05) is 5.41 Å². The number of hydrogen-bond donors (Lipinski definition) is 0. The highest BCUT2D eigenvalue weighted by Crippen LogP contribution is 2.14. The standard InChI is InChI=1S/C9H17NO2/c1-9(2,3)8(12)7(11)6-10(4)5/h6H2,1-5H3. The number of nitrogens with zero attached hydrogens (tertiary/aromatic N) is 1. The molecule has 0 heterocycles. The van der Waals surface area contributed by atoms with Gasteiger partial charge in [-0.25, -0.2) is 0 Å². The van der Waals surface area contributed by atoms with E-state index in [4.69, 9.17) is 0 Å². The van der Waals surface area contributed by atoms with Crippen LogP contribution in [0, 0.1) is 5.41 Å². The van der Waals surface area contributed by atoms with E-state index in [1.807, 2.05) is 0 Å². The lowest BCUT2D eigenvalue weighted by Crippen LogP contribution is -2.35. The van der Waals surface area contributed by atoms with E-state index in [1.165, 1.54) is 0 Å². The van der Waals surface area contributed by atoms with Crippen molar-refractivity contribution < 1.29 is 9.59 Å². The second-order valence-corrected chi connectivity index (χ2v) is 4.24. The van der Waals surface area contributed by atoms with Crippen molar-refractivity contribution >= 4 is 11.6 Å². The van der Waals surface area contributed by atoms with Crippen LogP contribution in [0.25, 0.3) is 0 Å². The average Bonchev–Trinajstić information content (AvgIpc) is 1.82. The normalized spacial score (nSPS) is 11.8. The van der Waals surface area contributed by atoms with Gasteiger partial charge in [0.05, 0.1) is 6.54 Å². The first-order chi connectivity index (χ1) is 5.25. The topological polar surface area (TPSA) is 37.4 Å². The molecule has 3 heteroatoms. The Balaban J connectivity index is 4.22. The minimum Gasteiger partial charge on any atom is -0.302 e. The van der Waals surface area contributed by atoms with Gasteiger partial charge in [-0.05, 0) is 14.1 Å². The molecule has 0 saturated carbocycles. The Morgan fingerprint density at radius 3 is 1.83 bits per heavy atom. The molecule has 0 radical (unpaired) electrons. The lowest BCUT2D eigenvalue weighted by Gasteiger charge is -2.16. The lowest BCUT2D eigenvalue weighted by atomic mass is 9.88. The van der Waals surface area contributed by atoms with E-state index in [0.717, 1.165) is 0 Å². The molecule has 12 heavy (non-hydrogen) atoms. The lowest BCUT2D eigenvalue weighted by molar-refractivity contribution is -0.141. The van der Waals surface area contributed by atoms with Crippen LogP contribution < -0.4 is 0 Å². The van der Waals surface area contributed by atoms with Crippen molar-refractivity contribution in [2.75, 3.05) is 20.6 Å². The quantitative estimate of drug-likeness (QED) is 0.587. The van der Waals surface area contributed by atoms with Crippen LogP contribution in [0.3, 0.4) is 0 Å². The Bertz CT molecular complexity index is 189. The van der Waals surface area contributed by atoms with E-state index in [1.54, 1.807) is 39.8 Å². The monoisotopic (exact) mass is 171 g/mol. The van der Waals surface area contributed by atoms with Crippen LogP contribution in [-0.4, -0.2) is 37.1 Å². The van der Waals surface area contributed by atoms with Gasteiger partial charge in [0.1, 0.15) is 0 Å². The van der Waals surface area contributed by atoms with Crippen molar-refractivity contribution in [1.82, 2.24) is 4.90 Å². The zero-order valence-corrected chi connectivity index (χ0v) is 8.47. The Labute approximate surface area is 73.7 Å². The molecule has 70 valence electrons. The van der Waals surface area contributed by atoms with Gasteiger partial charge in [0.25, 0.3) is 0 Å². The first kappa shape index (κ1) is 11.3. The summed E-state index contributed by atoms with van der Waals surface area (Å²) in [6.07, 6.45) is 0. The molecule has 0 rings (SSSR count). The van der Waals surface area contributed by atoms with Crippen molar-refractivity contribution in [1.29, 1.82) is 0 Å². The number of rotatable bonds is 3. The van der Waals surface area contributed by atoms with E-state index in [0.29, 0.717) is 0 Å². The third-order valence-corrected chi connectivity index (χ3v) is 1.39. The smallest absolute Gasteiger partial charge is 0.212 e. The van der Waals surface area contributed by atoms with Gasteiger partial charge < -0.3 is 4.90 Å². The summed E-state index contributed by atoms with van der Waals surface area (Å²) in [5.41, 5.74) is -0.549. The third-order valence-electron chi connectivity index (χ3n) is 1.39. The summed E-state index contributed by atoms with van der Waals surface area (Å²) >= 11 is 0. The molecule has 0 amide bonds. The van der Waals surface area contributed by atoms with Gasteiger partial charge in [-0.15, -0.1) is 0 Å². The summed E-state index contributed by atoms with van der Waals surface area (Å²) in [7, 11) is 3.54. The highest BCUT2D eigenvalue weighted by atomic mass is 16.2. The molecule has 0 aliphatic rings. The predicted octanol–water partition coefficient (Wildman–Crippen LogP) is 0.732. The van der Waals surface area contributed by atoms with Crippen molar-refractivity contribution in [2.45, 2.75) is 20.8 Å². The first-order valence-corrected chi connectivity index (χ1v) is 3.97. The maximum absolute atomic E-state index is 11.3. The van der Waals surface area contributed by atoms with E-state index in [2.05, 4.69) is 0 Å². The average molecular weight is 171 g/mol. The van der Waals surface area contributed by atoms with Crippen LogP contribution in [0.15, 0.2) is 0 Å². The van der Waals surface area contributed by atoms with Crippen LogP contribution in [0.4, 0.5) is 0 Å². The number of ketones is 2. The summed E-state index contributed by atoms with van der Waals surface area (Å²) < 4.78 is 0. The van der Waals surface area contributed by atoms with Gasteiger partial charge in [-0.1, -0.05) is 20.8 Å². The molecular weight excluding hydrogens is 154 g/mol. The molecule has 0 fully saturated rings. The van der Waals surface area contributed by atoms with E-state index >= 15 is 0 Å². The maximum atomic E-state index is 11.3. The van der Waals surface area contributed by atoms with E-state index < -0.39 is 5.41 Å². The van der Waals surface area contributed by atoms with Crippen LogP contribution in [0.2, 0.25) is 0 Å². The summed E-state index contributed by atoms with van der Waals surface area (Å²) in [6, 6.07) is 0. The van der Waals surface area contributed by atoms with Gasteiger partial charge >= 0.3 is 0 Å². The fourth-order valence-corrected chi connectivity index (χ4v) is 0.777. The minimum atomic E-state index is -0.549. The molecule has 0 aliphatic carbocycles. The molecule has 0 aromatic carbocycles. The van der Waals surface area contributed by atoms with Gasteiger partial charge in [-0.3, -0.25) is 9.59 Å². The molecule has 0 saturated heterocycles. The van der Waals surface area contributed by atoms with Crippen LogP contribution in [0.1, 0.15) is 20.8 Å². The van der Waals surface area contributed by atoms with E-state index in [-0.39, 0.29) is 18.1 Å². The maximum Gasteiger partial charge on any atom is 0.212 e. The van der Waals surface area contributed by atoms with Crippen molar-refractivity contribution in [2.24, 2.45) is 5.41 Å². The van der Waals surface area contributed by atoms with Crippen molar-refractivity contribution in [3.8, 4) is 0 Å². The fraction of sp³-hybridized carbons (Fsp3) is 0.778. The Hall–Kier alpha value is -0.700. The fourth-order valence-electron chi connectivity index (χ4n) is 0.777. The number of likely N-dealkylation sites (N-methyl/N-ethyl adjacent to an activating group) is 1. The Morgan fingerprint density at radius 1 is 1.17 bits per heavy atom. The number of carbonyl (C=O) groups excluding carboxylic acids is 2. The van der Waals surface area contributed by atoms with Gasteiger partial charge in [-0.2, -0.15) is 0 Å². The number of carbonyl (C=O) groups is 2. The summed E-state index contributed by atoms with van der Waals surface area (Å²) in [4.78, 5) is 24.2. The molecule has 0 N–H and O–H groups in total. The molecule has 3 nitrogen and oxygen atoms in total. The van der Waals surface area contributed by atoms with Gasteiger partial charge in [0.15, 0.2) is 0 Å². The predicted molar refractivity (Wildman–Crippen MR) is 48.0 cm³/mol. The molecule has 0 unspecified atom stereocenters. The zero-order chi connectivity index (χ0) is 9.94. The second-order valence-electron chi connectivity index (χ2n) is 4.24. The van der Waals surface area contributed by atoms with Gasteiger partial charge in [0.2, 0.25) is 11.6 Å². The highest BCUT2D eigenvalue weighted by molar-refractivity contribution is 6.39. The second kappa shape index (κ2) is 3.81. The molecule has 0 aromatic heterocycles. The Morgan fingerprint density at radius 2 is 1.58 bits per heavy atom. The molecule has 0 aromatic rings. The van der Waals surface area contributed by atoms with Crippen molar-refractivity contribution in [3.05, 3.63) is 0 Å². The van der Waals surface area contributed by atoms with Crippen LogP contribution >= 0.6 is 0 Å². The third kappa shape index (κ3) is 3.62.